The van der Waals surface area contributed by atoms with Crippen LogP contribution in [0, 0.1) is 5.82 Å². The number of hydrogen-bond acceptors (Lipinski definition) is 4. The van der Waals surface area contributed by atoms with Crippen LogP contribution in [0.15, 0.2) is 47.0 Å². The van der Waals surface area contributed by atoms with Gasteiger partial charge in [0.2, 0.25) is 0 Å². The molecule has 0 spiro atoms. The van der Waals surface area contributed by atoms with E-state index in [1.165, 1.54) is 18.2 Å². The Morgan fingerprint density at radius 3 is 2.86 bits per heavy atom. The van der Waals surface area contributed by atoms with E-state index >= 15 is 0 Å². The topological polar surface area (TPSA) is 64.9 Å². The van der Waals surface area contributed by atoms with E-state index in [-0.39, 0.29) is 5.89 Å². The molecule has 1 heterocycles. The fraction of sp³-hybridized carbons (Fsp3) is 0.0667. The molecule has 1 aromatic heterocycles. The van der Waals surface area contributed by atoms with E-state index in [0.29, 0.717) is 28.5 Å². The van der Waals surface area contributed by atoms with Gasteiger partial charge in [0.1, 0.15) is 5.82 Å². The van der Waals surface area contributed by atoms with Crippen LogP contribution in [0.4, 0.5) is 10.1 Å². The predicted molar refractivity (Wildman–Crippen MR) is 78.4 cm³/mol. The number of aromatic nitrogens is 2. The van der Waals surface area contributed by atoms with E-state index in [4.69, 9.17) is 21.9 Å². The van der Waals surface area contributed by atoms with E-state index < -0.39 is 5.82 Å². The first-order valence-electron chi connectivity index (χ1n) is 6.24. The second-order valence-electron chi connectivity index (χ2n) is 4.55. The number of anilines is 1. The van der Waals surface area contributed by atoms with Crippen LogP contribution in [0.25, 0.3) is 11.5 Å². The maximum atomic E-state index is 13.3. The highest BCUT2D eigenvalue weighted by Gasteiger charge is 2.13. The molecule has 0 atom stereocenters. The molecule has 2 aromatic carbocycles. The Labute approximate surface area is 125 Å². The largest absolute Gasteiger partial charge is 0.398 e. The van der Waals surface area contributed by atoms with Gasteiger partial charge in [-0.3, -0.25) is 0 Å². The fourth-order valence-corrected chi connectivity index (χ4v) is 2.19. The minimum atomic E-state index is -0.409. The molecule has 0 amide bonds. The molecule has 2 N–H and O–H groups in total. The summed E-state index contributed by atoms with van der Waals surface area (Å²) < 4.78 is 18.4. The number of hydrogen-bond donors (Lipinski definition) is 1. The van der Waals surface area contributed by atoms with Crippen LogP contribution in [0.1, 0.15) is 11.4 Å². The van der Waals surface area contributed by atoms with Crippen molar-refractivity contribution in [2.24, 2.45) is 0 Å². The fourth-order valence-electron chi connectivity index (χ4n) is 1.98. The van der Waals surface area contributed by atoms with Gasteiger partial charge in [-0.15, -0.1) is 0 Å². The molecule has 0 aliphatic heterocycles. The summed E-state index contributed by atoms with van der Waals surface area (Å²) in [6.07, 6.45) is 0.472. The average molecular weight is 304 g/mol. The average Bonchev–Trinajstić information content (AvgIpc) is 2.90. The summed E-state index contributed by atoms with van der Waals surface area (Å²) in [5.74, 6) is 0.272. The van der Waals surface area contributed by atoms with Crippen molar-refractivity contribution < 1.29 is 8.91 Å². The Morgan fingerprint density at radius 2 is 2.05 bits per heavy atom. The maximum Gasteiger partial charge on any atom is 0.260 e. The van der Waals surface area contributed by atoms with Gasteiger partial charge in [-0.2, -0.15) is 4.98 Å². The smallest absolute Gasteiger partial charge is 0.260 e. The summed E-state index contributed by atoms with van der Waals surface area (Å²) in [6, 6.07) is 11.4. The van der Waals surface area contributed by atoms with Crippen LogP contribution >= 0.6 is 11.6 Å². The molecule has 0 unspecified atom stereocenters. The molecular weight excluding hydrogens is 293 g/mol. The molecule has 6 heteroatoms. The molecule has 106 valence electrons. The van der Waals surface area contributed by atoms with Crippen LogP contribution in [-0.4, -0.2) is 10.1 Å². The predicted octanol–water partition coefficient (Wildman–Crippen LogP) is 3.70. The second kappa shape index (κ2) is 5.54. The van der Waals surface area contributed by atoms with Gasteiger partial charge < -0.3 is 10.3 Å². The normalized spacial score (nSPS) is 10.8. The van der Waals surface area contributed by atoms with Crippen molar-refractivity contribution in [3.63, 3.8) is 0 Å². The third kappa shape index (κ3) is 3.03. The molecule has 0 bridgehead atoms. The third-order valence-electron chi connectivity index (χ3n) is 2.97. The zero-order chi connectivity index (χ0) is 14.8. The van der Waals surface area contributed by atoms with Gasteiger partial charge in [-0.1, -0.05) is 28.9 Å². The number of benzene rings is 2. The molecule has 21 heavy (non-hydrogen) atoms. The summed E-state index contributed by atoms with van der Waals surface area (Å²) in [5.41, 5.74) is 7.52. The first-order valence-corrected chi connectivity index (χ1v) is 6.62. The molecule has 0 saturated carbocycles. The molecule has 3 rings (SSSR count). The first kappa shape index (κ1) is 13.6. The van der Waals surface area contributed by atoms with Gasteiger partial charge in [0.05, 0.1) is 5.56 Å². The monoisotopic (exact) mass is 303 g/mol. The SMILES string of the molecule is Nc1ccc(F)cc1-c1nc(Cc2cccc(Cl)c2)no1. The molecule has 0 fully saturated rings. The molecule has 3 aromatic rings. The van der Waals surface area contributed by atoms with Gasteiger partial charge in [-0.25, -0.2) is 4.39 Å². The number of halogens is 2. The Morgan fingerprint density at radius 1 is 1.19 bits per heavy atom. The summed E-state index contributed by atoms with van der Waals surface area (Å²) in [6.45, 7) is 0. The number of nitrogens with zero attached hydrogens (tertiary/aromatic N) is 2. The second-order valence-corrected chi connectivity index (χ2v) is 4.99. The number of nitrogens with two attached hydrogens (primary N) is 1. The van der Waals surface area contributed by atoms with E-state index in [2.05, 4.69) is 10.1 Å². The van der Waals surface area contributed by atoms with Crippen LogP contribution < -0.4 is 5.73 Å². The molecule has 0 saturated heterocycles. The van der Waals surface area contributed by atoms with E-state index in [1.54, 1.807) is 6.07 Å². The van der Waals surface area contributed by atoms with Crippen molar-refractivity contribution >= 4 is 17.3 Å². The lowest BCUT2D eigenvalue weighted by atomic mass is 10.1. The summed E-state index contributed by atoms with van der Waals surface area (Å²) >= 11 is 5.93. The number of nitrogen functional groups attached to an aromatic ring is 1. The van der Waals surface area contributed by atoms with Crippen molar-refractivity contribution in [1.29, 1.82) is 0 Å². The van der Waals surface area contributed by atoms with Crippen LogP contribution in [0.5, 0.6) is 0 Å². The minimum Gasteiger partial charge on any atom is -0.398 e. The molecule has 0 aliphatic carbocycles. The Hall–Kier alpha value is -2.40. The summed E-state index contributed by atoms with van der Waals surface area (Å²) in [5, 5.41) is 4.53. The Balaban J connectivity index is 1.88. The minimum absolute atomic E-state index is 0.198. The van der Waals surface area contributed by atoms with E-state index in [1.807, 2.05) is 18.2 Å². The third-order valence-corrected chi connectivity index (χ3v) is 3.20. The quantitative estimate of drug-likeness (QED) is 0.749. The van der Waals surface area contributed by atoms with Gasteiger partial charge in [0, 0.05) is 17.1 Å². The highest BCUT2D eigenvalue weighted by molar-refractivity contribution is 6.30. The lowest BCUT2D eigenvalue weighted by Crippen LogP contribution is -1.93. The van der Waals surface area contributed by atoms with Gasteiger partial charge in [0.25, 0.3) is 5.89 Å². The molecule has 0 aliphatic rings. The van der Waals surface area contributed by atoms with Crippen molar-refractivity contribution in [1.82, 2.24) is 10.1 Å². The maximum absolute atomic E-state index is 13.3. The molecular formula is C15H11ClFN3O. The summed E-state index contributed by atoms with van der Waals surface area (Å²) in [4.78, 5) is 4.24. The Kier molecular flexibility index (Phi) is 3.58. The van der Waals surface area contributed by atoms with Crippen molar-refractivity contribution in [3.05, 3.63) is 64.7 Å². The van der Waals surface area contributed by atoms with Gasteiger partial charge in [-0.05, 0) is 35.9 Å². The van der Waals surface area contributed by atoms with Gasteiger partial charge >= 0.3 is 0 Å². The molecule has 4 nitrogen and oxygen atoms in total. The lowest BCUT2D eigenvalue weighted by Gasteiger charge is -1.99. The standard InChI is InChI=1S/C15H11ClFN3O/c16-10-3-1-2-9(6-10)7-14-19-15(21-20-14)12-8-11(17)4-5-13(12)18/h1-6,8H,7,18H2. The van der Waals surface area contributed by atoms with Crippen molar-refractivity contribution in [2.75, 3.05) is 5.73 Å². The zero-order valence-corrected chi connectivity index (χ0v) is 11.6. The highest BCUT2D eigenvalue weighted by atomic mass is 35.5. The Bertz CT molecular complexity index is 788. The van der Waals surface area contributed by atoms with Crippen molar-refractivity contribution in [2.45, 2.75) is 6.42 Å². The van der Waals surface area contributed by atoms with E-state index in [0.717, 1.165) is 5.56 Å². The first-order chi connectivity index (χ1) is 10.1. The van der Waals surface area contributed by atoms with Gasteiger partial charge in [0.15, 0.2) is 5.82 Å². The van der Waals surface area contributed by atoms with E-state index in [9.17, 15) is 4.39 Å². The molecule has 0 radical (unpaired) electrons. The summed E-state index contributed by atoms with van der Waals surface area (Å²) in [7, 11) is 0. The highest BCUT2D eigenvalue weighted by Crippen LogP contribution is 2.25. The zero-order valence-electron chi connectivity index (χ0n) is 10.9. The van der Waals surface area contributed by atoms with Crippen LogP contribution in [0.2, 0.25) is 5.02 Å². The van der Waals surface area contributed by atoms with Crippen molar-refractivity contribution in [3.8, 4) is 11.5 Å². The lowest BCUT2D eigenvalue weighted by molar-refractivity contribution is 0.424. The van der Waals surface area contributed by atoms with Crippen LogP contribution in [0.3, 0.4) is 0 Å². The van der Waals surface area contributed by atoms with Crippen LogP contribution in [-0.2, 0) is 6.42 Å². The number of rotatable bonds is 3.